The van der Waals surface area contributed by atoms with Crippen molar-refractivity contribution in [1.29, 1.82) is 0 Å². The molecule has 22 heavy (non-hydrogen) atoms. The van der Waals surface area contributed by atoms with E-state index in [1.54, 1.807) is 0 Å². The van der Waals surface area contributed by atoms with Crippen LogP contribution in [0.15, 0.2) is 24.3 Å². The predicted octanol–water partition coefficient (Wildman–Crippen LogP) is 1.94. The lowest BCUT2D eigenvalue weighted by atomic mass is 9.91. The smallest absolute Gasteiger partial charge is 0.255 e. The van der Waals surface area contributed by atoms with Gasteiger partial charge in [0.1, 0.15) is 0 Å². The van der Waals surface area contributed by atoms with E-state index >= 15 is 0 Å². The first-order valence-corrected chi connectivity index (χ1v) is 8.37. The highest BCUT2D eigenvalue weighted by Gasteiger charge is 2.43. The number of benzene rings is 1. The molecule has 1 N–H and O–H groups in total. The fourth-order valence-electron chi connectivity index (χ4n) is 3.68. The van der Waals surface area contributed by atoms with Crippen LogP contribution in [0.5, 0.6) is 0 Å². The van der Waals surface area contributed by atoms with Gasteiger partial charge >= 0.3 is 0 Å². The molecule has 1 unspecified atom stereocenters. The summed E-state index contributed by atoms with van der Waals surface area (Å²) in [5.41, 5.74) is 1.36. The summed E-state index contributed by atoms with van der Waals surface area (Å²) >= 11 is 0. The molecular weight excluding hydrogens is 276 g/mol. The van der Waals surface area contributed by atoms with Crippen molar-refractivity contribution < 1.29 is 9.90 Å². The number of amides is 1. The lowest BCUT2D eigenvalue weighted by Crippen LogP contribution is -2.57. The molecule has 4 heteroatoms. The number of piperidine rings is 1. The van der Waals surface area contributed by atoms with Crippen LogP contribution in [0.4, 0.5) is 0 Å². The third kappa shape index (κ3) is 3.18. The lowest BCUT2D eigenvalue weighted by molar-refractivity contribution is -0.156. The normalized spacial score (nSPS) is 26.4. The van der Waals surface area contributed by atoms with E-state index in [1.165, 1.54) is 11.1 Å². The maximum absolute atomic E-state index is 12.6. The van der Waals surface area contributed by atoms with Crippen molar-refractivity contribution in [3.8, 4) is 0 Å². The molecule has 2 heterocycles. The van der Waals surface area contributed by atoms with Crippen LogP contribution in [0, 0.1) is 6.92 Å². The van der Waals surface area contributed by atoms with E-state index in [0.717, 1.165) is 45.4 Å². The molecule has 1 atom stereocenters. The van der Waals surface area contributed by atoms with Crippen LogP contribution in [0.2, 0.25) is 0 Å². The number of hydrogen-bond donors (Lipinski definition) is 1. The molecule has 0 radical (unpaired) electrons. The monoisotopic (exact) mass is 302 g/mol. The molecule has 0 bridgehead atoms. The first-order valence-electron chi connectivity index (χ1n) is 8.37. The van der Waals surface area contributed by atoms with E-state index in [0.29, 0.717) is 13.0 Å². The van der Waals surface area contributed by atoms with Gasteiger partial charge < -0.3 is 10.0 Å². The summed E-state index contributed by atoms with van der Waals surface area (Å²) < 4.78 is 0. The zero-order chi connectivity index (χ0) is 15.6. The summed E-state index contributed by atoms with van der Waals surface area (Å²) in [4.78, 5) is 16.7. The number of aliphatic hydroxyl groups is 1. The van der Waals surface area contributed by atoms with Gasteiger partial charge in [0.05, 0.1) is 0 Å². The molecule has 4 nitrogen and oxygen atoms in total. The van der Waals surface area contributed by atoms with Gasteiger partial charge in [0.25, 0.3) is 5.91 Å². The topological polar surface area (TPSA) is 43.8 Å². The predicted molar refractivity (Wildman–Crippen MR) is 86.5 cm³/mol. The van der Waals surface area contributed by atoms with Crippen LogP contribution in [-0.4, -0.2) is 52.6 Å². The molecular formula is C18H26N2O2. The SMILES string of the molecule is Cc1ccccc1CN1CCCC(O)(C(=O)N2CCCC2)C1. The summed E-state index contributed by atoms with van der Waals surface area (Å²) in [6, 6.07) is 8.34. The molecule has 3 rings (SSSR count). The van der Waals surface area contributed by atoms with Gasteiger partial charge in [0.15, 0.2) is 5.60 Å². The third-order valence-electron chi connectivity index (χ3n) is 5.00. The largest absolute Gasteiger partial charge is 0.379 e. The van der Waals surface area contributed by atoms with Crippen molar-refractivity contribution in [3.05, 3.63) is 35.4 Å². The molecule has 0 saturated carbocycles. The molecule has 2 saturated heterocycles. The molecule has 1 amide bonds. The number of aryl methyl sites for hydroxylation is 1. The van der Waals surface area contributed by atoms with Crippen molar-refractivity contribution in [3.63, 3.8) is 0 Å². The van der Waals surface area contributed by atoms with Crippen molar-refractivity contribution in [2.24, 2.45) is 0 Å². The highest BCUT2D eigenvalue weighted by atomic mass is 16.3. The Balaban J connectivity index is 1.68. The van der Waals surface area contributed by atoms with Gasteiger partial charge in [-0.1, -0.05) is 24.3 Å². The molecule has 2 aliphatic rings. The fraction of sp³-hybridized carbons (Fsp3) is 0.611. The zero-order valence-corrected chi connectivity index (χ0v) is 13.4. The number of nitrogens with zero attached hydrogens (tertiary/aromatic N) is 2. The maximum Gasteiger partial charge on any atom is 0.255 e. The standard InChI is InChI=1S/C18H26N2O2/c1-15-7-2-3-8-16(15)13-19-10-6-9-18(22,14-19)17(21)20-11-4-5-12-20/h2-3,7-8,22H,4-6,9-14H2,1H3. The molecule has 2 fully saturated rings. The van der Waals surface area contributed by atoms with Gasteiger partial charge in [0.2, 0.25) is 0 Å². The molecule has 0 aromatic heterocycles. The first-order chi connectivity index (χ1) is 10.6. The number of β-amino-alcohol motifs (C(OH)–C–C–N with tert-alkyl or cyclic N) is 1. The lowest BCUT2D eigenvalue weighted by Gasteiger charge is -2.40. The Labute approximate surface area is 132 Å². The number of hydrogen-bond acceptors (Lipinski definition) is 3. The van der Waals surface area contributed by atoms with Crippen LogP contribution in [0.3, 0.4) is 0 Å². The van der Waals surface area contributed by atoms with Gasteiger partial charge in [-0.15, -0.1) is 0 Å². The van der Waals surface area contributed by atoms with Crippen molar-refractivity contribution in [2.75, 3.05) is 26.2 Å². The van der Waals surface area contributed by atoms with E-state index in [2.05, 4.69) is 24.0 Å². The second-order valence-corrected chi connectivity index (χ2v) is 6.77. The Bertz CT molecular complexity index is 540. The van der Waals surface area contributed by atoms with Crippen molar-refractivity contribution in [2.45, 2.75) is 44.8 Å². The molecule has 120 valence electrons. The fourth-order valence-corrected chi connectivity index (χ4v) is 3.68. The van der Waals surface area contributed by atoms with E-state index in [1.807, 2.05) is 17.0 Å². The van der Waals surface area contributed by atoms with Crippen LogP contribution in [0.25, 0.3) is 0 Å². The summed E-state index contributed by atoms with van der Waals surface area (Å²) in [5, 5.41) is 10.9. The molecule has 0 spiro atoms. The molecule has 2 aliphatic heterocycles. The number of carbonyl (C=O) groups is 1. The Morgan fingerprint density at radius 1 is 1.18 bits per heavy atom. The van der Waals surface area contributed by atoms with Crippen LogP contribution in [0.1, 0.15) is 36.8 Å². The average molecular weight is 302 g/mol. The van der Waals surface area contributed by atoms with Crippen LogP contribution >= 0.6 is 0 Å². The summed E-state index contributed by atoms with van der Waals surface area (Å²) in [7, 11) is 0. The maximum atomic E-state index is 12.6. The summed E-state index contributed by atoms with van der Waals surface area (Å²) in [6.45, 7) is 5.93. The number of rotatable bonds is 3. The first kappa shape index (κ1) is 15.5. The molecule has 1 aromatic rings. The van der Waals surface area contributed by atoms with E-state index < -0.39 is 5.60 Å². The van der Waals surface area contributed by atoms with E-state index in [-0.39, 0.29) is 5.91 Å². The van der Waals surface area contributed by atoms with Crippen molar-refractivity contribution >= 4 is 5.91 Å². The highest BCUT2D eigenvalue weighted by Crippen LogP contribution is 2.26. The Kier molecular flexibility index (Phi) is 4.50. The van der Waals surface area contributed by atoms with Gasteiger partial charge in [-0.05, 0) is 50.3 Å². The summed E-state index contributed by atoms with van der Waals surface area (Å²) in [6.07, 6.45) is 3.60. The van der Waals surface area contributed by atoms with Gasteiger partial charge in [-0.25, -0.2) is 0 Å². The highest BCUT2D eigenvalue weighted by molar-refractivity contribution is 5.85. The Morgan fingerprint density at radius 3 is 2.64 bits per heavy atom. The minimum atomic E-state index is -1.19. The van der Waals surface area contributed by atoms with E-state index in [9.17, 15) is 9.90 Å². The second-order valence-electron chi connectivity index (χ2n) is 6.77. The van der Waals surface area contributed by atoms with Gasteiger partial charge in [0, 0.05) is 26.2 Å². The molecule has 1 aromatic carbocycles. The second kappa shape index (κ2) is 6.39. The number of carbonyl (C=O) groups excluding carboxylic acids is 1. The van der Waals surface area contributed by atoms with E-state index in [4.69, 9.17) is 0 Å². The minimum Gasteiger partial charge on any atom is -0.379 e. The summed E-state index contributed by atoms with van der Waals surface area (Å²) in [5.74, 6) is -0.0560. The Morgan fingerprint density at radius 2 is 1.91 bits per heavy atom. The van der Waals surface area contributed by atoms with Crippen LogP contribution in [-0.2, 0) is 11.3 Å². The Hall–Kier alpha value is -1.39. The molecule has 0 aliphatic carbocycles. The third-order valence-corrected chi connectivity index (χ3v) is 5.00. The number of likely N-dealkylation sites (tertiary alicyclic amines) is 2. The van der Waals surface area contributed by atoms with Crippen molar-refractivity contribution in [1.82, 2.24) is 9.80 Å². The average Bonchev–Trinajstić information content (AvgIpc) is 3.03. The van der Waals surface area contributed by atoms with Gasteiger partial charge in [-0.3, -0.25) is 9.69 Å². The minimum absolute atomic E-state index is 0.0560. The van der Waals surface area contributed by atoms with Crippen LogP contribution < -0.4 is 0 Å². The van der Waals surface area contributed by atoms with Gasteiger partial charge in [-0.2, -0.15) is 0 Å². The zero-order valence-electron chi connectivity index (χ0n) is 13.4. The quantitative estimate of drug-likeness (QED) is 0.928.